The van der Waals surface area contributed by atoms with Crippen LogP contribution in [0.5, 0.6) is 0 Å². The number of amides is 1. The summed E-state index contributed by atoms with van der Waals surface area (Å²) >= 11 is 0. The Morgan fingerprint density at radius 3 is 2.89 bits per heavy atom. The normalized spacial score (nSPS) is 23.7. The summed E-state index contributed by atoms with van der Waals surface area (Å²) < 4.78 is 19.4. The molecule has 1 amide bonds. The Balaban J connectivity index is 2.19. The van der Waals surface area contributed by atoms with Crippen LogP contribution in [0, 0.1) is 5.82 Å². The number of benzene rings is 1. The van der Waals surface area contributed by atoms with Gasteiger partial charge >= 0.3 is 0 Å². The van der Waals surface area contributed by atoms with Crippen molar-refractivity contribution in [3.63, 3.8) is 0 Å². The lowest BCUT2D eigenvalue weighted by atomic mass is 9.97. The zero-order valence-corrected chi connectivity index (χ0v) is 11.1. The first-order valence-electron chi connectivity index (χ1n) is 6.45. The number of rotatable bonds is 4. The topological polar surface area (TPSA) is 55.6 Å². The molecule has 0 saturated carbocycles. The summed E-state index contributed by atoms with van der Waals surface area (Å²) in [6.07, 6.45) is 1.57. The maximum atomic E-state index is 13.8. The number of halogens is 1. The number of carbonyl (C=O) groups excluding carboxylic acids is 1. The van der Waals surface area contributed by atoms with Gasteiger partial charge in [-0.15, -0.1) is 0 Å². The molecule has 19 heavy (non-hydrogen) atoms. The number of morpholine rings is 1. The second-order valence-electron chi connectivity index (χ2n) is 5.06. The molecule has 0 aromatic heterocycles. The molecule has 4 nitrogen and oxygen atoms in total. The number of hydrogen-bond acceptors (Lipinski definition) is 3. The lowest BCUT2D eigenvalue weighted by molar-refractivity contribution is -0.137. The summed E-state index contributed by atoms with van der Waals surface area (Å²) in [5.74, 6) is -0.603. The third kappa shape index (κ3) is 3.11. The number of nitrogens with zero attached hydrogens (tertiary/aromatic N) is 1. The van der Waals surface area contributed by atoms with Crippen LogP contribution in [-0.4, -0.2) is 31.2 Å². The Kier molecular flexibility index (Phi) is 4.17. The Labute approximate surface area is 112 Å². The van der Waals surface area contributed by atoms with Crippen LogP contribution in [0.15, 0.2) is 24.3 Å². The first kappa shape index (κ1) is 14.0. The van der Waals surface area contributed by atoms with Crippen molar-refractivity contribution in [2.45, 2.75) is 25.4 Å². The lowest BCUT2D eigenvalue weighted by Gasteiger charge is -2.40. The number of nitrogens with two attached hydrogens (primary N) is 1. The minimum Gasteiger partial charge on any atom is -0.364 e. The molecular weight excluding hydrogens is 247 g/mol. The number of ether oxygens (including phenoxy) is 1. The molecule has 1 atom stereocenters. The molecule has 2 rings (SSSR count). The van der Waals surface area contributed by atoms with Gasteiger partial charge in [-0.1, -0.05) is 12.1 Å². The minimum absolute atomic E-state index is 0.0184. The largest absolute Gasteiger partial charge is 0.364 e. The monoisotopic (exact) mass is 266 g/mol. The van der Waals surface area contributed by atoms with E-state index in [1.165, 1.54) is 11.0 Å². The van der Waals surface area contributed by atoms with Gasteiger partial charge < -0.3 is 15.4 Å². The molecule has 1 fully saturated rings. The van der Waals surface area contributed by atoms with Gasteiger partial charge in [0.1, 0.15) is 12.4 Å². The summed E-state index contributed by atoms with van der Waals surface area (Å²) in [5, 5.41) is 0. The standard InChI is InChI=1S/C14H19FN2O2/c1-14(7-4-8-16)10-17(13(18)9-19-14)12-6-3-2-5-11(12)15/h2-3,5-6H,4,7-10,16H2,1H3. The van der Waals surface area contributed by atoms with Crippen LogP contribution < -0.4 is 10.6 Å². The Morgan fingerprint density at radius 1 is 1.47 bits per heavy atom. The van der Waals surface area contributed by atoms with Gasteiger partial charge in [0.15, 0.2) is 0 Å². The van der Waals surface area contributed by atoms with Gasteiger partial charge in [-0.2, -0.15) is 0 Å². The fraction of sp³-hybridized carbons (Fsp3) is 0.500. The van der Waals surface area contributed by atoms with Gasteiger partial charge in [0.25, 0.3) is 5.91 Å². The summed E-state index contributed by atoms with van der Waals surface area (Å²) in [5.41, 5.74) is 5.36. The predicted molar refractivity (Wildman–Crippen MR) is 71.4 cm³/mol. The van der Waals surface area contributed by atoms with E-state index in [9.17, 15) is 9.18 Å². The average Bonchev–Trinajstić information content (AvgIpc) is 2.41. The van der Waals surface area contributed by atoms with E-state index in [0.717, 1.165) is 12.8 Å². The van der Waals surface area contributed by atoms with E-state index in [1.807, 2.05) is 6.92 Å². The van der Waals surface area contributed by atoms with E-state index in [0.29, 0.717) is 18.8 Å². The molecule has 5 heteroatoms. The van der Waals surface area contributed by atoms with E-state index >= 15 is 0 Å². The van der Waals surface area contributed by atoms with Crippen LogP contribution in [-0.2, 0) is 9.53 Å². The van der Waals surface area contributed by atoms with Crippen LogP contribution in [0.25, 0.3) is 0 Å². The number of carbonyl (C=O) groups is 1. The van der Waals surface area contributed by atoms with E-state index in [1.54, 1.807) is 18.2 Å². The third-order valence-electron chi connectivity index (χ3n) is 3.39. The summed E-state index contributed by atoms with van der Waals surface area (Å²) in [6.45, 7) is 2.84. The van der Waals surface area contributed by atoms with Gasteiger partial charge in [0, 0.05) is 0 Å². The molecule has 1 aromatic carbocycles. The van der Waals surface area contributed by atoms with Gasteiger partial charge in [-0.3, -0.25) is 4.79 Å². The van der Waals surface area contributed by atoms with Crippen LogP contribution >= 0.6 is 0 Å². The molecular formula is C14H19FN2O2. The van der Waals surface area contributed by atoms with Crippen molar-refractivity contribution in [1.29, 1.82) is 0 Å². The highest BCUT2D eigenvalue weighted by atomic mass is 19.1. The van der Waals surface area contributed by atoms with Crippen molar-refractivity contribution < 1.29 is 13.9 Å². The van der Waals surface area contributed by atoms with Crippen molar-refractivity contribution in [3.8, 4) is 0 Å². The Morgan fingerprint density at radius 2 is 2.21 bits per heavy atom. The fourth-order valence-electron chi connectivity index (χ4n) is 2.30. The zero-order valence-electron chi connectivity index (χ0n) is 11.1. The van der Waals surface area contributed by atoms with E-state index in [2.05, 4.69) is 0 Å². The molecule has 1 aliphatic rings. The fourth-order valence-corrected chi connectivity index (χ4v) is 2.30. The average molecular weight is 266 g/mol. The van der Waals surface area contributed by atoms with Gasteiger partial charge in [0.05, 0.1) is 17.8 Å². The molecule has 2 N–H and O–H groups in total. The molecule has 1 unspecified atom stereocenters. The molecule has 0 radical (unpaired) electrons. The quantitative estimate of drug-likeness (QED) is 0.902. The summed E-state index contributed by atoms with van der Waals surface area (Å²) in [6, 6.07) is 6.30. The third-order valence-corrected chi connectivity index (χ3v) is 3.39. The van der Waals surface area contributed by atoms with Gasteiger partial charge in [-0.25, -0.2) is 4.39 Å². The SMILES string of the molecule is CC1(CCCN)CN(c2ccccc2F)C(=O)CO1. The lowest BCUT2D eigenvalue weighted by Crippen LogP contribution is -2.53. The maximum Gasteiger partial charge on any atom is 0.253 e. The predicted octanol–water partition coefficient (Wildman–Crippen LogP) is 1.69. The van der Waals surface area contributed by atoms with Crippen molar-refractivity contribution in [2.75, 3.05) is 24.6 Å². The number of anilines is 1. The van der Waals surface area contributed by atoms with Crippen LogP contribution in [0.4, 0.5) is 10.1 Å². The zero-order chi connectivity index (χ0) is 13.9. The molecule has 1 saturated heterocycles. The first-order valence-corrected chi connectivity index (χ1v) is 6.45. The van der Waals surface area contributed by atoms with Gasteiger partial charge in [-0.05, 0) is 38.4 Å². The van der Waals surface area contributed by atoms with Crippen LogP contribution in [0.1, 0.15) is 19.8 Å². The first-order chi connectivity index (χ1) is 9.06. The van der Waals surface area contributed by atoms with Crippen molar-refractivity contribution in [2.24, 2.45) is 5.73 Å². The van der Waals surface area contributed by atoms with Crippen molar-refractivity contribution in [3.05, 3.63) is 30.1 Å². The number of hydrogen-bond donors (Lipinski definition) is 1. The number of para-hydroxylation sites is 1. The molecule has 0 bridgehead atoms. The highest BCUT2D eigenvalue weighted by molar-refractivity contribution is 5.95. The molecule has 1 heterocycles. The molecule has 0 spiro atoms. The Hall–Kier alpha value is -1.46. The Bertz CT molecular complexity index is 467. The molecule has 0 aliphatic carbocycles. The second kappa shape index (κ2) is 5.67. The molecule has 1 aromatic rings. The van der Waals surface area contributed by atoms with E-state index in [4.69, 9.17) is 10.5 Å². The smallest absolute Gasteiger partial charge is 0.253 e. The molecule has 1 aliphatic heterocycles. The summed E-state index contributed by atoms with van der Waals surface area (Å²) in [7, 11) is 0. The summed E-state index contributed by atoms with van der Waals surface area (Å²) in [4.78, 5) is 13.4. The van der Waals surface area contributed by atoms with E-state index in [-0.39, 0.29) is 18.3 Å². The van der Waals surface area contributed by atoms with Crippen LogP contribution in [0.2, 0.25) is 0 Å². The second-order valence-corrected chi connectivity index (χ2v) is 5.06. The van der Waals surface area contributed by atoms with Crippen LogP contribution in [0.3, 0.4) is 0 Å². The maximum absolute atomic E-state index is 13.8. The highest BCUT2D eigenvalue weighted by Crippen LogP contribution is 2.28. The highest BCUT2D eigenvalue weighted by Gasteiger charge is 2.36. The minimum atomic E-state index is -0.463. The van der Waals surface area contributed by atoms with E-state index < -0.39 is 5.60 Å². The van der Waals surface area contributed by atoms with Gasteiger partial charge in [0.2, 0.25) is 0 Å². The van der Waals surface area contributed by atoms with Crippen molar-refractivity contribution in [1.82, 2.24) is 0 Å². The molecule has 104 valence electrons. The van der Waals surface area contributed by atoms with Crippen molar-refractivity contribution >= 4 is 11.6 Å².